The number of nitrogens with zero attached hydrogens (tertiary/aromatic N) is 1. The summed E-state index contributed by atoms with van der Waals surface area (Å²) < 4.78 is 5.39. The van der Waals surface area contributed by atoms with Crippen molar-refractivity contribution in [3.8, 4) is 0 Å². The SMILES string of the molecule is CCCCN(C(=O)C(NC(=O)OC(C)(C)C)C(C)C)C(C(=O)NC(C)(C)C)c1ccccc1. The second kappa shape index (κ2) is 12.1. The lowest BCUT2D eigenvalue weighted by Crippen LogP contribution is -2.56. The molecule has 7 heteroatoms. The first-order chi connectivity index (χ1) is 15.2. The van der Waals surface area contributed by atoms with Crippen LogP contribution in [0.3, 0.4) is 0 Å². The van der Waals surface area contributed by atoms with Crippen molar-refractivity contribution >= 4 is 17.9 Å². The van der Waals surface area contributed by atoms with Crippen LogP contribution in [0.5, 0.6) is 0 Å². The van der Waals surface area contributed by atoms with E-state index in [0.29, 0.717) is 6.54 Å². The minimum Gasteiger partial charge on any atom is -0.444 e. The summed E-state index contributed by atoms with van der Waals surface area (Å²) >= 11 is 0. The molecule has 1 aromatic rings. The molecule has 0 spiro atoms. The highest BCUT2D eigenvalue weighted by Gasteiger charge is 2.38. The van der Waals surface area contributed by atoms with E-state index in [1.54, 1.807) is 25.7 Å². The van der Waals surface area contributed by atoms with Gasteiger partial charge in [-0.1, -0.05) is 57.5 Å². The first-order valence-corrected chi connectivity index (χ1v) is 11.8. The molecule has 0 aliphatic rings. The lowest BCUT2D eigenvalue weighted by Gasteiger charge is -2.37. The van der Waals surface area contributed by atoms with Gasteiger partial charge in [0.2, 0.25) is 11.8 Å². The molecule has 0 aliphatic carbocycles. The van der Waals surface area contributed by atoms with Gasteiger partial charge >= 0.3 is 6.09 Å². The van der Waals surface area contributed by atoms with Crippen molar-refractivity contribution in [3.63, 3.8) is 0 Å². The van der Waals surface area contributed by atoms with Gasteiger partial charge in [-0.2, -0.15) is 0 Å². The average Bonchev–Trinajstić information content (AvgIpc) is 2.66. The van der Waals surface area contributed by atoms with Crippen molar-refractivity contribution in [2.24, 2.45) is 5.92 Å². The summed E-state index contributed by atoms with van der Waals surface area (Å²) in [5.74, 6) is -0.753. The fourth-order valence-corrected chi connectivity index (χ4v) is 3.37. The Labute approximate surface area is 199 Å². The zero-order valence-corrected chi connectivity index (χ0v) is 21.8. The zero-order chi connectivity index (χ0) is 25.4. The van der Waals surface area contributed by atoms with Crippen LogP contribution < -0.4 is 10.6 Å². The normalized spacial score (nSPS) is 13.8. The van der Waals surface area contributed by atoms with E-state index >= 15 is 0 Å². The number of hydrogen-bond donors (Lipinski definition) is 2. The largest absolute Gasteiger partial charge is 0.444 e. The number of ether oxygens (including phenoxy) is 1. The van der Waals surface area contributed by atoms with Gasteiger partial charge in [-0.3, -0.25) is 9.59 Å². The summed E-state index contributed by atoms with van der Waals surface area (Å²) in [4.78, 5) is 41.4. The summed E-state index contributed by atoms with van der Waals surface area (Å²) in [7, 11) is 0. The molecule has 0 fully saturated rings. The monoisotopic (exact) mass is 461 g/mol. The lowest BCUT2D eigenvalue weighted by atomic mass is 9.97. The Kier molecular flexibility index (Phi) is 10.4. The molecule has 0 bridgehead atoms. The summed E-state index contributed by atoms with van der Waals surface area (Å²) in [5.41, 5.74) is -0.422. The molecule has 1 aromatic carbocycles. The number of hydrogen-bond acceptors (Lipinski definition) is 4. The molecule has 33 heavy (non-hydrogen) atoms. The van der Waals surface area contributed by atoms with Crippen molar-refractivity contribution in [1.82, 2.24) is 15.5 Å². The molecule has 2 N–H and O–H groups in total. The predicted octanol–water partition coefficient (Wildman–Crippen LogP) is 4.82. The second-order valence-electron chi connectivity index (χ2n) is 10.8. The topological polar surface area (TPSA) is 87.7 Å². The van der Waals surface area contributed by atoms with Crippen LogP contribution in [0.4, 0.5) is 4.79 Å². The van der Waals surface area contributed by atoms with E-state index in [1.807, 2.05) is 71.9 Å². The predicted molar refractivity (Wildman–Crippen MR) is 132 cm³/mol. The number of rotatable bonds is 9. The number of nitrogens with one attached hydrogen (secondary N) is 2. The van der Waals surface area contributed by atoms with Gasteiger partial charge in [0.1, 0.15) is 17.7 Å². The number of benzene rings is 1. The Bertz CT molecular complexity index is 779. The van der Waals surface area contributed by atoms with Crippen molar-refractivity contribution in [3.05, 3.63) is 35.9 Å². The second-order valence-corrected chi connectivity index (χ2v) is 10.8. The molecule has 3 amide bonds. The molecule has 0 aromatic heterocycles. The highest BCUT2D eigenvalue weighted by Crippen LogP contribution is 2.25. The van der Waals surface area contributed by atoms with E-state index in [1.165, 1.54) is 0 Å². The van der Waals surface area contributed by atoms with Gasteiger partial charge in [-0.05, 0) is 59.4 Å². The van der Waals surface area contributed by atoms with Gasteiger partial charge in [0.25, 0.3) is 0 Å². The molecule has 0 saturated carbocycles. The maximum atomic E-state index is 13.9. The zero-order valence-electron chi connectivity index (χ0n) is 21.8. The highest BCUT2D eigenvalue weighted by molar-refractivity contribution is 5.92. The molecule has 2 unspecified atom stereocenters. The fraction of sp³-hybridized carbons (Fsp3) is 0.654. The molecule has 0 aliphatic heterocycles. The smallest absolute Gasteiger partial charge is 0.408 e. The average molecular weight is 462 g/mol. The molecule has 0 saturated heterocycles. The van der Waals surface area contributed by atoms with E-state index in [4.69, 9.17) is 4.74 Å². The van der Waals surface area contributed by atoms with Crippen LogP contribution in [-0.4, -0.2) is 46.5 Å². The van der Waals surface area contributed by atoms with Crippen LogP contribution in [-0.2, 0) is 14.3 Å². The lowest BCUT2D eigenvalue weighted by molar-refractivity contribution is -0.144. The molecule has 186 valence electrons. The van der Waals surface area contributed by atoms with Gasteiger partial charge in [0.05, 0.1) is 0 Å². The number of carbonyl (C=O) groups excluding carboxylic acids is 3. The van der Waals surface area contributed by atoms with Crippen LogP contribution in [0.15, 0.2) is 30.3 Å². The van der Waals surface area contributed by atoms with Crippen molar-refractivity contribution in [2.75, 3.05) is 6.54 Å². The summed E-state index contributed by atoms with van der Waals surface area (Å²) in [5, 5.41) is 5.76. The number of alkyl carbamates (subject to hydrolysis) is 1. The van der Waals surface area contributed by atoms with Gasteiger partial charge in [0.15, 0.2) is 0 Å². The quantitative estimate of drug-likeness (QED) is 0.552. The molecule has 2 atom stereocenters. The number of carbonyl (C=O) groups is 3. The Balaban J connectivity index is 3.40. The molecule has 0 heterocycles. The Hall–Kier alpha value is -2.57. The van der Waals surface area contributed by atoms with E-state index in [9.17, 15) is 14.4 Å². The first kappa shape index (κ1) is 28.5. The fourth-order valence-electron chi connectivity index (χ4n) is 3.37. The van der Waals surface area contributed by atoms with E-state index in [0.717, 1.165) is 18.4 Å². The number of unbranched alkanes of at least 4 members (excludes halogenated alkanes) is 1. The van der Waals surface area contributed by atoms with Gasteiger partial charge in [-0.15, -0.1) is 0 Å². The third-order valence-electron chi connectivity index (χ3n) is 4.81. The van der Waals surface area contributed by atoms with E-state index in [-0.39, 0.29) is 17.7 Å². The van der Waals surface area contributed by atoms with Gasteiger partial charge < -0.3 is 20.3 Å². The van der Waals surface area contributed by atoms with Crippen LogP contribution in [0.2, 0.25) is 0 Å². The van der Waals surface area contributed by atoms with E-state index < -0.39 is 29.3 Å². The Morgan fingerprint density at radius 3 is 2.03 bits per heavy atom. The summed E-state index contributed by atoms with van der Waals surface area (Å²) in [6, 6.07) is 7.65. The van der Waals surface area contributed by atoms with Crippen LogP contribution >= 0.6 is 0 Å². The minimum absolute atomic E-state index is 0.198. The number of amides is 3. The summed E-state index contributed by atoms with van der Waals surface area (Å²) in [6.07, 6.45) is 0.938. The van der Waals surface area contributed by atoms with Crippen molar-refractivity contribution in [1.29, 1.82) is 0 Å². The van der Waals surface area contributed by atoms with E-state index in [2.05, 4.69) is 10.6 Å². The molecule has 0 radical (unpaired) electrons. The van der Waals surface area contributed by atoms with Crippen molar-refractivity contribution in [2.45, 2.75) is 98.4 Å². The Morgan fingerprint density at radius 1 is 1.00 bits per heavy atom. The molecule has 1 rings (SSSR count). The van der Waals surface area contributed by atoms with Gasteiger partial charge in [-0.25, -0.2) is 4.79 Å². The highest BCUT2D eigenvalue weighted by atomic mass is 16.6. The van der Waals surface area contributed by atoms with Crippen LogP contribution in [0, 0.1) is 5.92 Å². The standard InChI is InChI=1S/C26H43N3O4/c1-10-11-17-29(23(31)20(18(2)3)27-24(32)33-26(7,8)9)21(19-15-13-12-14-16-19)22(30)28-25(4,5)6/h12-16,18,20-21H,10-11,17H2,1-9H3,(H,27,32)(H,28,30). The van der Waals surface area contributed by atoms with Crippen LogP contribution in [0.1, 0.15) is 86.8 Å². The third kappa shape index (κ3) is 9.84. The minimum atomic E-state index is -0.828. The maximum absolute atomic E-state index is 13.9. The van der Waals surface area contributed by atoms with Crippen molar-refractivity contribution < 1.29 is 19.1 Å². The molecule has 7 nitrogen and oxygen atoms in total. The summed E-state index contributed by atoms with van der Waals surface area (Å²) in [6.45, 7) is 17.2. The Morgan fingerprint density at radius 2 is 1.58 bits per heavy atom. The van der Waals surface area contributed by atoms with Gasteiger partial charge in [0, 0.05) is 12.1 Å². The van der Waals surface area contributed by atoms with Crippen LogP contribution in [0.25, 0.3) is 0 Å². The third-order valence-corrected chi connectivity index (χ3v) is 4.81. The molecular formula is C26H43N3O4. The maximum Gasteiger partial charge on any atom is 0.408 e. The molecular weight excluding hydrogens is 418 g/mol. The first-order valence-electron chi connectivity index (χ1n) is 11.8.